The van der Waals surface area contributed by atoms with E-state index in [0.717, 1.165) is 0 Å². The molecule has 1 aromatic rings. The number of carbonyl (C=O) groups is 1. The standard InChI is InChI=1S/C11H14N2O2S/c1-8(2-4-14)7-13-11(15)10-9(6-12)3-5-16-10/h3,5,8,14H,2,4,7H2,1H3,(H,13,15). The first-order chi connectivity index (χ1) is 7.69. The molecule has 0 spiro atoms. The van der Waals surface area contributed by atoms with Gasteiger partial charge in [0.05, 0.1) is 5.56 Å². The predicted octanol–water partition coefficient (Wildman–Crippen LogP) is 1.37. The third kappa shape index (κ3) is 3.33. The summed E-state index contributed by atoms with van der Waals surface area (Å²) in [7, 11) is 0. The van der Waals surface area contributed by atoms with Crippen molar-refractivity contribution in [3.8, 4) is 6.07 Å². The van der Waals surface area contributed by atoms with E-state index >= 15 is 0 Å². The molecule has 1 unspecified atom stereocenters. The molecule has 0 radical (unpaired) electrons. The zero-order valence-electron chi connectivity index (χ0n) is 9.06. The number of nitriles is 1. The van der Waals surface area contributed by atoms with Crippen LogP contribution in [0.5, 0.6) is 0 Å². The Morgan fingerprint density at radius 1 is 1.75 bits per heavy atom. The third-order valence-corrected chi connectivity index (χ3v) is 3.14. The molecule has 1 aromatic heterocycles. The molecule has 0 aromatic carbocycles. The molecule has 4 nitrogen and oxygen atoms in total. The van der Waals surface area contributed by atoms with E-state index < -0.39 is 0 Å². The van der Waals surface area contributed by atoms with Gasteiger partial charge in [0.2, 0.25) is 0 Å². The van der Waals surface area contributed by atoms with E-state index in [1.807, 2.05) is 13.0 Å². The lowest BCUT2D eigenvalue weighted by molar-refractivity contribution is 0.0949. The highest BCUT2D eigenvalue weighted by molar-refractivity contribution is 7.12. The van der Waals surface area contributed by atoms with Gasteiger partial charge in [-0.1, -0.05) is 6.92 Å². The van der Waals surface area contributed by atoms with Crippen LogP contribution in [0.1, 0.15) is 28.6 Å². The van der Waals surface area contributed by atoms with Gasteiger partial charge in [-0.3, -0.25) is 4.79 Å². The van der Waals surface area contributed by atoms with Gasteiger partial charge in [-0.15, -0.1) is 11.3 Å². The Morgan fingerprint density at radius 2 is 2.50 bits per heavy atom. The normalized spacial score (nSPS) is 11.8. The van der Waals surface area contributed by atoms with Crippen LogP contribution in [0.25, 0.3) is 0 Å². The highest BCUT2D eigenvalue weighted by atomic mass is 32.1. The molecule has 0 aliphatic heterocycles. The van der Waals surface area contributed by atoms with E-state index in [1.165, 1.54) is 11.3 Å². The van der Waals surface area contributed by atoms with Crippen molar-refractivity contribution >= 4 is 17.2 Å². The first-order valence-electron chi connectivity index (χ1n) is 5.05. The van der Waals surface area contributed by atoms with Gasteiger partial charge in [0.15, 0.2) is 0 Å². The average molecular weight is 238 g/mol. The summed E-state index contributed by atoms with van der Waals surface area (Å²) in [5, 5.41) is 22.0. The number of nitrogens with zero attached hydrogens (tertiary/aromatic N) is 1. The van der Waals surface area contributed by atoms with Crippen LogP contribution in [-0.4, -0.2) is 24.2 Å². The van der Waals surface area contributed by atoms with Crippen LogP contribution in [0.2, 0.25) is 0 Å². The number of aliphatic hydroxyl groups is 1. The van der Waals surface area contributed by atoms with Gasteiger partial charge in [0, 0.05) is 13.2 Å². The lowest BCUT2D eigenvalue weighted by Gasteiger charge is -2.10. The molecule has 16 heavy (non-hydrogen) atoms. The van der Waals surface area contributed by atoms with Gasteiger partial charge in [0.1, 0.15) is 10.9 Å². The van der Waals surface area contributed by atoms with E-state index in [4.69, 9.17) is 10.4 Å². The minimum Gasteiger partial charge on any atom is -0.396 e. The summed E-state index contributed by atoms with van der Waals surface area (Å²) in [5.74, 6) is 0.0239. The van der Waals surface area contributed by atoms with Crippen LogP contribution in [0.3, 0.4) is 0 Å². The molecule has 1 rings (SSSR count). The largest absolute Gasteiger partial charge is 0.396 e. The third-order valence-electron chi connectivity index (χ3n) is 2.22. The molecule has 86 valence electrons. The van der Waals surface area contributed by atoms with Gasteiger partial charge < -0.3 is 10.4 Å². The van der Waals surface area contributed by atoms with Crippen molar-refractivity contribution in [3.05, 3.63) is 21.9 Å². The lowest BCUT2D eigenvalue weighted by Crippen LogP contribution is -2.28. The molecule has 0 saturated heterocycles. The van der Waals surface area contributed by atoms with Crippen LogP contribution in [0.15, 0.2) is 11.4 Å². The number of nitrogens with one attached hydrogen (secondary N) is 1. The molecule has 0 saturated carbocycles. The number of aliphatic hydroxyl groups excluding tert-OH is 1. The van der Waals surface area contributed by atoms with Crippen molar-refractivity contribution < 1.29 is 9.90 Å². The SMILES string of the molecule is CC(CCO)CNC(=O)c1sccc1C#N. The number of carbonyl (C=O) groups excluding carboxylic acids is 1. The number of hydrogen-bond donors (Lipinski definition) is 2. The Bertz CT molecular complexity index is 395. The van der Waals surface area contributed by atoms with Crippen molar-refractivity contribution in [1.82, 2.24) is 5.32 Å². The molecule has 0 aliphatic carbocycles. The average Bonchev–Trinajstić information content (AvgIpc) is 2.74. The number of amides is 1. The molecule has 2 N–H and O–H groups in total. The summed E-state index contributed by atoms with van der Waals surface area (Å²) < 4.78 is 0. The van der Waals surface area contributed by atoms with E-state index in [9.17, 15) is 4.79 Å². The first-order valence-corrected chi connectivity index (χ1v) is 5.93. The summed E-state index contributed by atoms with van der Waals surface area (Å²) in [4.78, 5) is 12.1. The molecule has 0 aliphatic rings. The van der Waals surface area contributed by atoms with Gasteiger partial charge >= 0.3 is 0 Å². The van der Waals surface area contributed by atoms with Crippen LogP contribution >= 0.6 is 11.3 Å². The molecule has 1 atom stereocenters. The van der Waals surface area contributed by atoms with Crippen LogP contribution in [-0.2, 0) is 0 Å². The van der Waals surface area contributed by atoms with E-state index in [-0.39, 0.29) is 18.4 Å². The highest BCUT2D eigenvalue weighted by Crippen LogP contribution is 2.15. The maximum Gasteiger partial charge on any atom is 0.262 e. The second kappa shape index (κ2) is 6.26. The van der Waals surface area contributed by atoms with Crippen LogP contribution in [0.4, 0.5) is 0 Å². The number of rotatable bonds is 5. The summed E-state index contributed by atoms with van der Waals surface area (Å²) in [5.41, 5.74) is 0.414. The first kappa shape index (κ1) is 12.7. The highest BCUT2D eigenvalue weighted by Gasteiger charge is 2.13. The Kier molecular flexibility index (Phi) is 4.96. The lowest BCUT2D eigenvalue weighted by atomic mass is 10.1. The van der Waals surface area contributed by atoms with Gasteiger partial charge in [-0.25, -0.2) is 0 Å². The Hall–Kier alpha value is -1.38. The zero-order chi connectivity index (χ0) is 12.0. The van der Waals surface area contributed by atoms with Crippen molar-refractivity contribution in [3.63, 3.8) is 0 Å². The summed E-state index contributed by atoms with van der Waals surface area (Å²) in [6.07, 6.45) is 0.663. The summed E-state index contributed by atoms with van der Waals surface area (Å²) >= 11 is 1.26. The smallest absolute Gasteiger partial charge is 0.262 e. The molecular formula is C11H14N2O2S. The summed E-state index contributed by atoms with van der Waals surface area (Å²) in [6, 6.07) is 3.61. The van der Waals surface area contributed by atoms with Gasteiger partial charge in [-0.2, -0.15) is 5.26 Å². The quantitative estimate of drug-likeness (QED) is 0.813. The second-order valence-corrected chi connectivity index (χ2v) is 4.52. The predicted molar refractivity (Wildman–Crippen MR) is 62.2 cm³/mol. The fourth-order valence-corrected chi connectivity index (χ4v) is 2.00. The van der Waals surface area contributed by atoms with Crippen molar-refractivity contribution in [2.45, 2.75) is 13.3 Å². The molecule has 0 fully saturated rings. The Labute approximate surface area is 98.5 Å². The van der Waals surface area contributed by atoms with Crippen molar-refractivity contribution in [2.75, 3.05) is 13.2 Å². The van der Waals surface area contributed by atoms with Crippen molar-refractivity contribution in [1.29, 1.82) is 5.26 Å². The second-order valence-electron chi connectivity index (χ2n) is 3.60. The van der Waals surface area contributed by atoms with E-state index in [0.29, 0.717) is 23.4 Å². The zero-order valence-corrected chi connectivity index (χ0v) is 9.88. The topological polar surface area (TPSA) is 73.1 Å². The fourth-order valence-electron chi connectivity index (χ4n) is 1.24. The molecule has 1 heterocycles. The van der Waals surface area contributed by atoms with Crippen LogP contribution in [0, 0.1) is 17.2 Å². The minimum atomic E-state index is -0.212. The molecular weight excluding hydrogens is 224 g/mol. The fraction of sp³-hybridized carbons (Fsp3) is 0.455. The Balaban J connectivity index is 2.51. The van der Waals surface area contributed by atoms with Crippen molar-refractivity contribution in [2.24, 2.45) is 5.92 Å². The molecule has 0 bridgehead atoms. The maximum atomic E-state index is 11.7. The number of hydrogen-bond acceptors (Lipinski definition) is 4. The number of thiophene rings is 1. The summed E-state index contributed by atoms with van der Waals surface area (Å²) in [6.45, 7) is 2.60. The van der Waals surface area contributed by atoms with Gasteiger partial charge in [0.25, 0.3) is 5.91 Å². The van der Waals surface area contributed by atoms with E-state index in [1.54, 1.807) is 11.4 Å². The van der Waals surface area contributed by atoms with Gasteiger partial charge in [-0.05, 0) is 23.8 Å². The molecule has 5 heteroatoms. The Morgan fingerprint density at radius 3 is 3.12 bits per heavy atom. The monoisotopic (exact) mass is 238 g/mol. The minimum absolute atomic E-state index is 0.124. The maximum absolute atomic E-state index is 11.7. The van der Waals surface area contributed by atoms with E-state index in [2.05, 4.69) is 5.32 Å². The molecule has 1 amide bonds. The van der Waals surface area contributed by atoms with Crippen LogP contribution < -0.4 is 5.32 Å².